The van der Waals surface area contributed by atoms with Crippen molar-refractivity contribution < 1.29 is 4.79 Å². The van der Waals surface area contributed by atoms with Gasteiger partial charge in [0.2, 0.25) is 0 Å². The van der Waals surface area contributed by atoms with Gasteiger partial charge in [0.05, 0.1) is 10.6 Å². The smallest absolute Gasteiger partial charge is 0.261 e. The van der Waals surface area contributed by atoms with Crippen LogP contribution in [0.5, 0.6) is 0 Å². The maximum absolute atomic E-state index is 12.2. The molecule has 0 bridgehead atoms. The average Bonchev–Trinajstić information content (AvgIpc) is 2.73. The van der Waals surface area contributed by atoms with Gasteiger partial charge in [-0.05, 0) is 19.4 Å². The number of hydrogen-bond acceptors (Lipinski definition) is 4. The number of carbonyl (C=O) groups is 1. The molecule has 0 unspecified atom stereocenters. The SMILES string of the molecule is C=CCNC(=O)c1sc2nc(C(C)(C)C)nc(C)c2c1C. The molecule has 0 atom stereocenters. The maximum Gasteiger partial charge on any atom is 0.261 e. The van der Waals surface area contributed by atoms with E-state index in [2.05, 4.69) is 42.6 Å². The first-order valence-electron chi connectivity index (χ1n) is 6.93. The first kappa shape index (κ1) is 15.6. The standard InChI is InChI=1S/C16H21N3OS/c1-7-8-17-13(20)12-9(2)11-10(3)18-15(16(4,5)6)19-14(11)21-12/h7H,1,8H2,2-6H3,(H,17,20). The maximum atomic E-state index is 12.2. The number of amides is 1. The Bertz CT molecular complexity index is 710. The zero-order chi connectivity index (χ0) is 15.8. The average molecular weight is 303 g/mol. The third kappa shape index (κ3) is 2.97. The van der Waals surface area contributed by atoms with Gasteiger partial charge >= 0.3 is 0 Å². The van der Waals surface area contributed by atoms with Crippen LogP contribution in [0.2, 0.25) is 0 Å². The van der Waals surface area contributed by atoms with E-state index in [1.54, 1.807) is 6.08 Å². The van der Waals surface area contributed by atoms with Crippen molar-refractivity contribution in [1.29, 1.82) is 0 Å². The molecule has 0 saturated carbocycles. The second-order valence-electron chi connectivity index (χ2n) is 6.12. The summed E-state index contributed by atoms with van der Waals surface area (Å²) in [6, 6.07) is 0. The van der Waals surface area contributed by atoms with Gasteiger partial charge in [-0.2, -0.15) is 0 Å². The van der Waals surface area contributed by atoms with Crippen LogP contribution in [0.15, 0.2) is 12.7 Å². The van der Waals surface area contributed by atoms with Crippen molar-refractivity contribution in [2.24, 2.45) is 0 Å². The molecule has 21 heavy (non-hydrogen) atoms. The summed E-state index contributed by atoms with van der Waals surface area (Å²) in [5.41, 5.74) is 1.78. The van der Waals surface area contributed by atoms with Crippen LogP contribution in [-0.2, 0) is 5.41 Å². The topological polar surface area (TPSA) is 54.9 Å². The molecule has 0 aliphatic carbocycles. The summed E-state index contributed by atoms with van der Waals surface area (Å²) in [5, 5.41) is 3.82. The Morgan fingerprint density at radius 3 is 2.57 bits per heavy atom. The summed E-state index contributed by atoms with van der Waals surface area (Å²) >= 11 is 1.43. The van der Waals surface area contributed by atoms with E-state index in [9.17, 15) is 4.79 Å². The van der Waals surface area contributed by atoms with Crippen LogP contribution in [0.25, 0.3) is 10.2 Å². The van der Waals surface area contributed by atoms with Crippen molar-refractivity contribution in [1.82, 2.24) is 15.3 Å². The molecule has 0 radical (unpaired) electrons. The van der Waals surface area contributed by atoms with Gasteiger partial charge in [-0.3, -0.25) is 4.79 Å². The highest BCUT2D eigenvalue weighted by Gasteiger charge is 2.23. The van der Waals surface area contributed by atoms with Crippen LogP contribution in [0.4, 0.5) is 0 Å². The summed E-state index contributed by atoms with van der Waals surface area (Å²) in [6.45, 7) is 14.3. The summed E-state index contributed by atoms with van der Waals surface area (Å²) in [5.74, 6) is 0.735. The van der Waals surface area contributed by atoms with Crippen molar-refractivity contribution in [3.63, 3.8) is 0 Å². The molecule has 0 saturated heterocycles. The number of thiophene rings is 1. The van der Waals surface area contributed by atoms with Crippen LogP contribution in [0, 0.1) is 13.8 Å². The Hall–Kier alpha value is -1.75. The van der Waals surface area contributed by atoms with Crippen LogP contribution in [0.3, 0.4) is 0 Å². The Labute approximate surface area is 129 Å². The highest BCUT2D eigenvalue weighted by Crippen LogP contribution is 2.33. The number of rotatable bonds is 3. The quantitative estimate of drug-likeness (QED) is 0.883. The predicted octanol–water partition coefficient (Wildman–Crippen LogP) is 3.52. The van der Waals surface area contributed by atoms with Gasteiger partial charge in [-0.15, -0.1) is 17.9 Å². The van der Waals surface area contributed by atoms with Crippen LogP contribution < -0.4 is 5.32 Å². The summed E-state index contributed by atoms with van der Waals surface area (Å²) in [4.78, 5) is 23.1. The Kier molecular flexibility index (Phi) is 4.14. The van der Waals surface area contributed by atoms with Gasteiger partial charge < -0.3 is 5.32 Å². The molecule has 112 valence electrons. The molecule has 5 heteroatoms. The fraction of sp³-hybridized carbons (Fsp3) is 0.438. The number of aromatic nitrogens is 2. The molecule has 4 nitrogen and oxygen atoms in total. The highest BCUT2D eigenvalue weighted by atomic mass is 32.1. The molecule has 2 rings (SSSR count). The monoisotopic (exact) mass is 303 g/mol. The molecule has 0 fully saturated rings. The van der Waals surface area contributed by atoms with Gasteiger partial charge in [0.25, 0.3) is 5.91 Å². The van der Waals surface area contributed by atoms with Crippen LogP contribution >= 0.6 is 11.3 Å². The van der Waals surface area contributed by atoms with E-state index in [4.69, 9.17) is 0 Å². The lowest BCUT2D eigenvalue weighted by Gasteiger charge is -2.16. The lowest BCUT2D eigenvalue weighted by Crippen LogP contribution is -2.22. The number of nitrogens with one attached hydrogen (secondary N) is 1. The molecule has 0 aromatic carbocycles. The van der Waals surface area contributed by atoms with E-state index in [0.29, 0.717) is 11.4 Å². The second kappa shape index (κ2) is 5.56. The minimum atomic E-state index is -0.109. The number of fused-ring (bicyclic) bond motifs is 1. The zero-order valence-corrected chi connectivity index (χ0v) is 14.0. The molecule has 0 aliphatic rings. The van der Waals surface area contributed by atoms with Gasteiger partial charge in [-0.1, -0.05) is 26.8 Å². The third-order valence-corrected chi connectivity index (χ3v) is 4.44. The molecular formula is C16H21N3OS. The molecular weight excluding hydrogens is 282 g/mol. The summed E-state index contributed by atoms with van der Waals surface area (Å²) in [6.07, 6.45) is 1.67. The van der Waals surface area contributed by atoms with Crippen LogP contribution in [-0.4, -0.2) is 22.4 Å². The number of hydrogen-bond donors (Lipinski definition) is 1. The van der Waals surface area contributed by atoms with E-state index in [1.807, 2.05) is 13.8 Å². The lowest BCUT2D eigenvalue weighted by atomic mass is 9.95. The fourth-order valence-corrected chi connectivity index (χ4v) is 3.28. The highest BCUT2D eigenvalue weighted by molar-refractivity contribution is 7.20. The predicted molar refractivity (Wildman–Crippen MR) is 88.1 cm³/mol. The summed E-state index contributed by atoms with van der Waals surface area (Å²) in [7, 11) is 0. The minimum absolute atomic E-state index is 0.0768. The van der Waals surface area contributed by atoms with Crippen LogP contribution in [0.1, 0.15) is 47.5 Å². The first-order chi connectivity index (χ1) is 9.75. The van der Waals surface area contributed by atoms with E-state index in [0.717, 1.165) is 27.3 Å². The second-order valence-corrected chi connectivity index (χ2v) is 7.12. The molecule has 0 aliphatic heterocycles. The molecule has 1 amide bonds. The van der Waals surface area contributed by atoms with Crippen molar-refractivity contribution >= 4 is 27.5 Å². The molecule has 1 N–H and O–H groups in total. The number of nitrogens with zero attached hydrogens (tertiary/aromatic N) is 2. The summed E-state index contributed by atoms with van der Waals surface area (Å²) < 4.78 is 0. The van der Waals surface area contributed by atoms with E-state index < -0.39 is 0 Å². The molecule has 2 aromatic heterocycles. The molecule has 2 heterocycles. The van der Waals surface area contributed by atoms with Crippen molar-refractivity contribution in [2.45, 2.75) is 40.0 Å². The Morgan fingerprint density at radius 2 is 2.00 bits per heavy atom. The number of carbonyl (C=O) groups excluding carboxylic acids is 1. The van der Waals surface area contributed by atoms with Crippen molar-refractivity contribution in [3.8, 4) is 0 Å². The fourth-order valence-electron chi connectivity index (χ4n) is 2.14. The Balaban J connectivity index is 2.57. The van der Waals surface area contributed by atoms with E-state index >= 15 is 0 Å². The molecule has 0 spiro atoms. The first-order valence-corrected chi connectivity index (χ1v) is 7.74. The lowest BCUT2D eigenvalue weighted by molar-refractivity contribution is 0.0961. The van der Waals surface area contributed by atoms with Gasteiger partial charge in [0.15, 0.2) is 0 Å². The minimum Gasteiger partial charge on any atom is -0.348 e. The third-order valence-electron chi connectivity index (χ3n) is 3.26. The van der Waals surface area contributed by atoms with Crippen molar-refractivity contribution in [3.05, 3.63) is 34.6 Å². The largest absolute Gasteiger partial charge is 0.348 e. The normalized spacial score (nSPS) is 11.7. The Morgan fingerprint density at radius 1 is 1.33 bits per heavy atom. The van der Waals surface area contributed by atoms with E-state index in [-0.39, 0.29) is 11.3 Å². The number of aryl methyl sites for hydroxylation is 2. The van der Waals surface area contributed by atoms with E-state index in [1.165, 1.54) is 11.3 Å². The van der Waals surface area contributed by atoms with Crippen molar-refractivity contribution in [2.75, 3.05) is 6.54 Å². The van der Waals surface area contributed by atoms with Gasteiger partial charge in [0, 0.05) is 17.3 Å². The van der Waals surface area contributed by atoms with Gasteiger partial charge in [-0.25, -0.2) is 9.97 Å². The van der Waals surface area contributed by atoms with Gasteiger partial charge in [0.1, 0.15) is 10.7 Å². The molecule has 2 aromatic rings. The zero-order valence-electron chi connectivity index (χ0n) is 13.2.